The van der Waals surface area contributed by atoms with Gasteiger partial charge in [0.15, 0.2) is 0 Å². The molecule has 2 heterocycles. The molecular formula is C26H31Cl2N7O4. The summed E-state index contributed by atoms with van der Waals surface area (Å²) in [7, 11) is 6.05. The van der Waals surface area contributed by atoms with Crippen molar-refractivity contribution in [3.8, 4) is 17.2 Å². The highest BCUT2D eigenvalue weighted by molar-refractivity contribution is 6.41. The van der Waals surface area contributed by atoms with Crippen LogP contribution in [0.4, 0.5) is 21.9 Å². The number of amides is 2. The zero-order chi connectivity index (χ0) is 28.1. The first-order valence-electron chi connectivity index (χ1n) is 12.1. The van der Waals surface area contributed by atoms with Crippen molar-refractivity contribution in [3.05, 3.63) is 46.2 Å². The molecule has 11 nitrogen and oxygen atoms in total. The Labute approximate surface area is 237 Å². The van der Waals surface area contributed by atoms with Gasteiger partial charge in [-0.2, -0.15) is 0 Å². The summed E-state index contributed by atoms with van der Waals surface area (Å²) < 4.78 is 16.6. The maximum absolute atomic E-state index is 13.1. The van der Waals surface area contributed by atoms with Crippen molar-refractivity contribution in [1.29, 1.82) is 0 Å². The number of piperazine rings is 1. The van der Waals surface area contributed by atoms with Crippen molar-refractivity contribution in [1.82, 2.24) is 10.2 Å². The number of amidine groups is 1. The number of hydrogen-bond acceptors (Lipinski definition) is 8. The van der Waals surface area contributed by atoms with Crippen LogP contribution in [0.2, 0.25) is 10.0 Å². The fraction of sp³-hybridized carbons (Fsp3) is 0.346. The topological polar surface area (TPSA) is 112 Å². The molecule has 1 fully saturated rings. The molecule has 0 radical (unpaired) electrons. The number of urea groups is 1. The average Bonchev–Trinajstić information content (AvgIpc) is 2.96. The molecule has 0 spiro atoms. The van der Waals surface area contributed by atoms with Crippen LogP contribution >= 0.6 is 23.2 Å². The molecule has 2 amide bonds. The normalized spacial score (nSPS) is 16.9. The maximum atomic E-state index is 13.1. The molecule has 0 aromatic heterocycles. The molecule has 2 aromatic rings. The smallest absolute Gasteiger partial charge is 0.327 e. The largest absolute Gasteiger partial charge is 0.495 e. The predicted molar refractivity (Wildman–Crippen MR) is 157 cm³/mol. The molecule has 0 saturated carbocycles. The molecule has 13 heteroatoms. The number of ether oxygens (including phenoxy) is 3. The summed E-state index contributed by atoms with van der Waals surface area (Å²) in [5.41, 5.74) is 1.98. The summed E-state index contributed by atoms with van der Waals surface area (Å²) in [6.45, 7) is 7.00. The van der Waals surface area contributed by atoms with Crippen molar-refractivity contribution in [2.24, 2.45) is 9.98 Å². The molecule has 1 saturated heterocycles. The molecule has 39 heavy (non-hydrogen) atoms. The quantitative estimate of drug-likeness (QED) is 0.333. The number of halogens is 2. The van der Waals surface area contributed by atoms with E-state index in [1.54, 1.807) is 13.1 Å². The molecule has 2 aliphatic rings. The fourth-order valence-electron chi connectivity index (χ4n) is 4.32. The van der Waals surface area contributed by atoms with Crippen molar-refractivity contribution in [2.45, 2.75) is 6.04 Å². The summed E-state index contributed by atoms with van der Waals surface area (Å²) in [5, 5.41) is 9.59. The van der Waals surface area contributed by atoms with Crippen LogP contribution in [-0.4, -0.2) is 84.1 Å². The SMILES string of the molecule is C=N/C(=C\C(=NC)Nc1ccc2c(c1)OC[C@H]1CNCCN21)N(C)C(=O)Nc1c(Cl)c(OC)cc(OC)c1Cl. The summed E-state index contributed by atoms with van der Waals surface area (Å²) in [6, 6.07) is 7.22. The van der Waals surface area contributed by atoms with Gasteiger partial charge in [0, 0.05) is 57.6 Å². The van der Waals surface area contributed by atoms with Gasteiger partial charge in [0.2, 0.25) is 0 Å². The van der Waals surface area contributed by atoms with Crippen LogP contribution in [0.15, 0.2) is 46.1 Å². The Hall–Kier alpha value is -3.67. The van der Waals surface area contributed by atoms with Crippen molar-refractivity contribution in [3.63, 3.8) is 0 Å². The predicted octanol–water partition coefficient (Wildman–Crippen LogP) is 4.33. The number of benzene rings is 2. The first kappa shape index (κ1) is 28.3. The van der Waals surface area contributed by atoms with Crippen LogP contribution in [0, 0.1) is 0 Å². The third kappa shape index (κ3) is 6.00. The van der Waals surface area contributed by atoms with Crippen LogP contribution < -0.4 is 35.1 Å². The Balaban J connectivity index is 1.51. The highest BCUT2D eigenvalue weighted by atomic mass is 35.5. The van der Waals surface area contributed by atoms with E-state index in [1.807, 2.05) is 18.2 Å². The Morgan fingerprint density at radius 1 is 1.23 bits per heavy atom. The number of aliphatic imine (C=N–C) groups is 2. The number of fused-ring (bicyclic) bond motifs is 3. The molecule has 1 atom stereocenters. The van der Waals surface area contributed by atoms with Crippen molar-refractivity contribution < 1.29 is 19.0 Å². The molecule has 2 aliphatic heterocycles. The molecule has 3 N–H and O–H groups in total. The van der Waals surface area contributed by atoms with Crippen LogP contribution in [0.3, 0.4) is 0 Å². The fourth-order valence-corrected chi connectivity index (χ4v) is 4.92. The summed E-state index contributed by atoms with van der Waals surface area (Å²) >= 11 is 12.8. The van der Waals surface area contributed by atoms with E-state index in [1.165, 1.54) is 32.2 Å². The van der Waals surface area contributed by atoms with Gasteiger partial charge in [-0.25, -0.2) is 9.79 Å². The Morgan fingerprint density at radius 3 is 2.59 bits per heavy atom. The minimum absolute atomic E-state index is 0.126. The number of methoxy groups -OCH3 is 2. The van der Waals surface area contributed by atoms with Crippen LogP contribution in [0.5, 0.6) is 17.2 Å². The molecule has 0 unspecified atom stereocenters. The number of rotatable bonds is 7. The lowest BCUT2D eigenvalue weighted by Crippen LogP contribution is -2.55. The first-order valence-corrected chi connectivity index (χ1v) is 12.9. The second-order valence-electron chi connectivity index (χ2n) is 8.71. The van der Waals surface area contributed by atoms with E-state index in [2.05, 4.69) is 37.6 Å². The van der Waals surface area contributed by atoms with E-state index in [9.17, 15) is 4.79 Å². The minimum atomic E-state index is -0.573. The molecule has 0 aliphatic carbocycles. The Bertz CT molecular complexity index is 1290. The number of carbonyl (C=O) groups is 1. The van der Waals surface area contributed by atoms with Gasteiger partial charge in [-0.15, -0.1) is 0 Å². The minimum Gasteiger partial charge on any atom is -0.495 e. The van der Waals surface area contributed by atoms with Gasteiger partial charge >= 0.3 is 6.03 Å². The van der Waals surface area contributed by atoms with Gasteiger partial charge < -0.3 is 35.1 Å². The van der Waals surface area contributed by atoms with Gasteiger partial charge in [0.25, 0.3) is 0 Å². The lowest BCUT2D eigenvalue weighted by atomic mass is 10.1. The lowest BCUT2D eigenvalue weighted by Gasteiger charge is -2.42. The van der Waals surface area contributed by atoms with Gasteiger partial charge in [0.05, 0.1) is 31.6 Å². The van der Waals surface area contributed by atoms with E-state index < -0.39 is 6.03 Å². The van der Waals surface area contributed by atoms with Gasteiger partial charge in [-0.3, -0.25) is 9.89 Å². The highest BCUT2D eigenvalue weighted by Gasteiger charge is 2.29. The lowest BCUT2D eigenvalue weighted by molar-refractivity contribution is 0.232. The first-order chi connectivity index (χ1) is 18.8. The van der Waals surface area contributed by atoms with Crippen LogP contribution in [0.25, 0.3) is 0 Å². The number of nitrogens with zero attached hydrogens (tertiary/aromatic N) is 4. The molecule has 4 rings (SSSR count). The van der Waals surface area contributed by atoms with Gasteiger partial charge in [0.1, 0.15) is 45.6 Å². The standard InChI is InChI=1S/C26H31Cl2N7O4/c1-29-21(32-15-6-7-17-18(10-15)39-14-16-13-31-8-9-35(16)17)12-22(30-2)34(3)26(36)33-25-23(27)19(37-4)11-20(38-5)24(25)28/h6-7,10-12,16,31H,2,8-9,13-14H2,1,3-5H3,(H,29,32)(H,33,36)/b22-12+/t16-/m1/s1. The summed E-state index contributed by atoms with van der Waals surface area (Å²) in [5.74, 6) is 2.06. The zero-order valence-corrected chi connectivity index (χ0v) is 23.7. The summed E-state index contributed by atoms with van der Waals surface area (Å²) in [6.07, 6.45) is 1.59. The summed E-state index contributed by atoms with van der Waals surface area (Å²) in [4.78, 5) is 25.1. The zero-order valence-electron chi connectivity index (χ0n) is 22.2. The van der Waals surface area contributed by atoms with E-state index in [4.69, 9.17) is 37.4 Å². The van der Waals surface area contributed by atoms with Gasteiger partial charge in [-0.1, -0.05) is 23.2 Å². The monoisotopic (exact) mass is 575 g/mol. The second-order valence-corrected chi connectivity index (χ2v) is 9.47. The van der Waals surface area contributed by atoms with E-state index >= 15 is 0 Å². The van der Waals surface area contributed by atoms with Crippen LogP contribution in [-0.2, 0) is 0 Å². The maximum Gasteiger partial charge on any atom is 0.327 e. The van der Waals surface area contributed by atoms with Crippen molar-refractivity contribution in [2.75, 3.05) is 70.1 Å². The third-order valence-corrected chi connectivity index (χ3v) is 7.20. The van der Waals surface area contributed by atoms with Crippen LogP contribution in [0.1, 0.15) is 0 Å². The molecular weight excluding hydrogens is 545 g/mol. The highest BCUT2D eigenvalue weighted by Crippen LogP contribution is 2.44. The number of carbonyl (C=O) groups excluding carboxylic acids is 1. The molecule has 208 valence electrons. The molecule has 0 bridgehead atoms. The van der Waals surface area contributed by atoms with Gasteiger partial charge in [-0.05, 0) is 18.9 Å². The number of nitrogens with one attached hydrogen (secondary N) is 3. The number of anilines is 3. The van der Waals surface area contributed by atoms with Crippen molar-refractivity contribution >= 4 is 58.8 Å². The second kappa shape index (κ2) is 12.5. The van der Waals surface area contributed by atoms with E-state index in [0.717, 1.165) is 36.8 Å². The third-order valence-electron chi connectivity index (χ3n) is 6.45. The number of hydrogen-bond donors (Lipinski definition) is 3. The molecule has 2 aromatic carbocycles. The van der Waals surface area contributed by atoms with E-state index in [-0.39, 0.29) is 21.6 Å². The van der Waals surface area contributed by atoms with E-state index in [0.29, 0.717) is 30.0 Å². The average molecular weight is 576 g/mol. The Morgan fingerprint density at radius 2 is 1.95 bits per heavy atom. The Kier molecular flexibility index (Phi) is 9.05.